The lowest BCUT2D eigenvalue weighted by Crippen LogP contribution is -2.66. The van der Waals surface area contributed by atoms with Gasteiger partial charge in [0, 0.05) is 6.61 Å². The first kappa shape index (κ1) is 23.4. The first-order valence-corrected chi connectivity index (χ1v) is 13.8. The van der Waals surface area contributed by atoms with E-state index in [1.54, 1.807) is 0 Å². The second kappa shape index (κ2) is 7.09. The zero-order chi connectivity index (χ0) is 23.3. The molecule has 5 rings (SSSR count). The molecule has 32 heavy (non-hydrogen) atoms. The predicted molar refractivity (Wildman–Crippen MR) is 132 cm³/mol. The standard InChI is InChI=1S/C30H50O2/c1-19(2)20-10-15-30(18-31)17-16-28(6)21(25(20)30)8-9-23-27(5)13-12-24(32)26(3,4)22(27)11-14-29(23,28)7/h20-25,31-32H,1,8-18H2,2-7H3/t20-,21+,22+,23+,24-,25+,27-,28+,29+,30+/m0/s1. The van der Waals surface area contributed by atoms with E-state index in [0.717, 1.165) is 18.3 Å². The summed E-state index contributed by atoms with van der Waals surface area (Å²) >= 11 is 0. The van der Waals surface area contributed by atoms with Crippen LogP contribution in [-0.2, 0) is 0 Å². The van der Waals surface area contributed by atoms with Gasteiger partial charge in [0.25, 0.3) is 0 Å². The highest BCUT2D eigenvalue weighted by Crippen LogP contribution is 2.77. The second-order valence-electron chi connectivity index (χ2n) is 14.6. The molecule has 0 unspecified atom stereocenters. The molecule has 5 saturated carbocycles. The summed E-state index contributed by atoms with van der Waals surface area (Å²) < 4.78 is 0. The number of hydrogen-bond acceptors (Lipinski definition) is 2. The van der Waals surface area contributed by atoms with Gasteiger partial charge in [-0.1, -0.05) is 46.8 Å². The third-order valence-electron chi connectivity index (χ3n) is 13.5. The lowest BCUT2D eigenvalue weighted by Gasteiger charge is -2.73. The summed E-state index contributed by atoms with van der Waals surface area (Å²) in [5, 5.41) is 21.5. The van der Waals surface area contributed by atoms with Crippen molar-refractivity contribution in [3.05, 3.63) is 12.2 Å². The van der Waals surface area contributed by atoms with Crippen molar-refractivity contribution in [1.82, 2.24) is 0 Å². The van der Waals surface area contributed by atoms with E-state index in [1.807, 2.05) is 0 Å². The molecule has 0 amide bonds. The van der Waals surface area contributed by atoms with E-state index in [2.05, 4.69) is 48.1 Å². The largest absolute Gasteiger partial charge is 0.396 e. The van der Waals surface area contributed by atoms with Crippen molar-refractivity contribution < 1.29 is 10.2 Å². The summed E-state index contributed by atoms with van der Waals surface area (Å²) in [5.74, 6) is 3.33. The van der Waals surface area contributed by atoms with Crippen LogP contribution in [0.3, 0.4) is 0 Å². The van der Waals surface area contributed by atoms with Crippen LogP contribution in [-0.4, -0.2) is 22.9 Å². The molecule has 0 radical (unpaired) electrons. The molecule has 5 aliphatic rings. The molecule has 5 aliphatic carbocycles. The average molecular weight is 443 g/mol. The van der Waals surface area contributed by atoms with Gasteiger partial charge in [-0.15, -0.1) is 0 Å². The van der Waals surface area contributed by atoms with E-state index in [1.165, 1.54) is 63.4 Å². The van der Waals surface area contributed by atoms with Gasteiger partial charge in [0.2, 0.25) is 0 Å². The molecule has 0 spiro atoms. The van der Waals surface area contributed by atoms with Crippen LogP contribution >= 0.6 is 0 Å². The van der Waals surface area contributed by atoms with Crippen LogP contribution in [0.25, 0.3) is 0 Å². The van der Waals surface area contributed by atoms with Crippen LogP contribution in [0.15, 0.2) is 12.2 Å². The van der Waals surface area contributed by atoms with Crippen molar-refractivity contribution in [2.24, 2.45) is 56.7 Å². The van der Waals surface area contributed by atoms with Crippen molar-refractivity contribution in [3.8, 4) is 0 Å². The van der Waals surface area contributed by atoms with Crippen molar-refractivity contribution >= 4 is 0 Å². The number of allylic oxidation sites excluding steroid dienone is 1. The Bertz CT molecular complexity index is 786. The maximum atomic E-state index is 10.9. The molecular formula is C30H50O2. The van der Waals surface area contributed by atoms with E-state index in [-0.39, 0.29) is 16.9 Å². The van der Waals surface area contributed by atoms with Crippen LogP contribution in [0.1, 0.15) is 106 Å². The summed E-state index contributed by atoms with van der Waals surface area (Å²) in [6, 6.07) is 0. The second-order valence-corrected chi connectivity index (χ2v) is 14.6. The molecule has 0 aliphatic heterocycles. The van der Waals surface area contributed by atoms with Gasteiger partial charge in [-0.25, -0.2) is 0 Å². The monoisotopic (exact) mass is 442 g/mol. The predicted octanol–water partition coefficient (Wildman–Crippen LogP) is 7.00. The minimum Gasteiger partial charge on any atom is -0.396 e. The van der Waals surface area contributed by atoms with Crippen LogP contribution in [0.4, 0.5) is 0 Å². The zero-order valence-corrected chi connectivity index (χ0v) is 21.8. The Morgan fingerprint density at radius 1 is 0.812 bits per heavy atom. The first-order valence-electron chi connectivity index (χ1n) is 13.8. The quantitative estimate of drug-likeness (QED) is 0.452. The van der Waals surface area contributed by atoms with Crippen molar-refractivity contribution in [3.63, 3.8) is 0 Å². The fourth-order valence-corrected chi connectivity index (χ4v) is 11.5. The minimum atomic E-state index is -0.147. The SMILES string of the molecule is C=C(C)[C@@H]1CC[C@]2(CO)CC[C@]3(C)[C@H](CC[C@@H]4[C@@]5(C)CC[C@H](O)C(C)(C)[C@H]5CC[C@]43C)[C@@H]12. The van der Waals surface area contributed by atoms with E-state index >= 15 is 0 Å². The van der Waals surface area contributed by atoms with Gasteiger partial charge in [0.1, 0.15) is 0 Å². The fraction of sp³-hybridized carbons (Fsp3) is 0.933. The molecule has 182 valence electrons. The van der Waals surface area contributed by atoms with Crippen molar-refractivity contribution in [1.29, 1.82) is 0 Å². The molecule has 0 aromatic rings. The number of aliphatic hydroxyl groups excluding tert-OH is 2. The zero-order valence-electron chi connectivity index (χ0n) is 21.8. The maximum absolute atomic E-state index is 10.9. The number of aliphatic hydroxyl groups is 2. The van der Waals surface area contributed by atoms with Crippen LogP contribution in [0, 0.1) is 56.7 Å². The Morgan fingerprint density at radius 3 is 2.19 bits per heavy atom. The average Bonchev–Trinajstić information content (AvgIpc) is 3.12. The maximum Gasteiger partial charge on any atom is 0.0594 e. The summed E-state index contributed by atoms with van der Waals surface area (Å²) in [6.07, 6.45) is 12.2. The Balaban J connectivity index is 1.55. The number of hydrogen-bond donors (Lipinski definition) is 2. The summed E-state index contributed by atoms with van der Waals surface area (Å²) in [7, 11) is 0. The molecule has 5 fully saturated rings. The van der Waals surface area contributed by atoms with Crippen LogP contribution < -0.4 is 0 Å². The molecule has 0 heterocycles. The Kier molecular flexibility index (Phi) is 5.19. The van der Waals surface area contributed by atoms with Gasteiger partial charge in [-0.3, -0.25) is 0 Å². The molecule has 2 nitrogen and oxygen atoms in total. The van der Waals surface area contributed by atoms with Crippen LogP contribution in [0.5, 0.6) is 0 Å². The summed E-state index contributed by atoms with van der Waals surface area (Å²) in [5.41, 5.74) is 2.60. The van der Waals surface area contributed by atoms with E-state index in [4.69, 9.17) is 0 Å². The highest BCUT2D eigenvalue weighted by molar-refractivity contribution is 5.21. The first-order chi connectivity index (χ1) is 14.9. The van der Waals surface area contributed by atoms with Gasteiger partial charge >= 0.3 is 0 Å². The molecule has 0 saturated heterocycles. The van der Waals surface area contributed by atoms with Crippen molar-refractivity contribution in [2.45, 2.75) is 112 Å². The molecule has 0 aromatic carbocycles. The van der Waals surface area contributed by atoms with Crippen LogP contribution in [0.2, 0.25) is 0 Å². The minimum absolute atomic E-state index is 0.0290. The lowest BCUT2D eigenvalue weighted by molar-refractivity contribution is -0.249. The normalized spacial score (nSPS) is 56.5. The van der Waals surface area contributed by atoms with Gasteiger partial charge in [0.05, 0.1) is 6.10 Å². The molecule has 0 aromatic heterocycles. The Hall–Kier alpha value is -0.340. The molecular weight excluding hydrogens is 392 g/mol. The van der Waals surface area contributed by atoms with Gasteiger partial charge in [-0.2, -0.15) is 0 Å². The van der Waals surface area contributed by atoms with Gasteiger partial charge in [0.15, 0.2) is 0 Å². The highest BCUT2D eigenvalue weighted by atomic mass is 16.3. The molecule has 2 N–H and O–H groups in total. The third kappa shape index (κ3) is 2.66. The third-order valence-corrected chi connectivity index (χ3v) is 13.5. The van der Waals surface area contributed by atoms with Gasteiger partial charge < -0.3 is 10.2 Å². The summed E-state index contributed by atoms with van der Waals surface area (Å²) in [4.78, 5) is 0. The Labute approximate surface area is 197 Å². The van der Waals surface area contributed by atoms with Gasteiger partial charge in [-0.05, 0) is 128 Å². The highest BCUT2D eigenvalue weighted by Gasteiger charge is 2.70. The van der Waals surface area contributed by atoms with Crippen molar-refractivity contribution in [2.75, 3.05) is 6.61 Å². The smallest absolute Gasteiger partial charge is 0.0594 e. The molecule has 0 bridgehead atoms. The molecule has 2 heteroatoms. The number of rotatable bonds is 2. The lowest BCUT2D eigenvalue weighted by atomic mass is 9.32. The van der Waals surface area contributed by atoms with E-state index < -0.39 is 0 Å². The molecule has 10 atom stereocenters. The van der Waals surface area contributed by atoms with E-state index in [0.29, 0.717) is 40.6 Å². The fourth-order valence-electron chi connectivity index (χ4n) is 11.5. The summed E-state index contributed by atoms with van der Waals surface area (Å²) in [6.45, 7) is 19.7. The topological polar surface area (TPSA) is 40.5 Å². The van der Waals surface area contributed by atoms with E-state index in [9.17, 15) is 10.2 Å². The Morgan fingerprint density at radius 2 is 1.53 bits per heavy atom. The number of fused-ring (bicyclic) bond motifs is 7.